The molecule has 1 heterocycles. The Kier molecular flexibility index (Phi) is 11.7. The third-order valence-electron chi connectivity index (χ3n) is 8.71. The fourth-order valence-electron chi connectivity index (χ4n) is 6.56. The molecule has 0 aromatic heterocycles. The van der Waals surface area contributed by atoms with Crippen LogP contribution >= 0.6 is 0 Å². The van der Waals surface area contributed by atoms with Gasteiger partial charge in [-0.1, -0.05) is 18.9 Å². The second-order valence-corrected chi connectivity index (χ2v) is 14.2. The lowest BCUT2D eigenvalue weighted by molar-refractivity contribution is -0.134. The second kappa shape index (κ2) is 15.0. The van der Waals surface area contributed by atoms with Crippen LogP contribution in [0.2, 0.25) is 0 Å². The summed E-state index contributed by atoms with van der Waals surface area (Å²) in [6.07, 6.45) is 3.34. The van der Waals surface area contributed by atoms with Gasteiger partial charge in [0.1, 0.15) is 27.2 Å². The van der Waals surface area contributed by atoms with Crippen molar-refractivity contribution in [3.05, 3.63) is 64.7 Å². The van der Waals surface area contributed by atoms with E-state index >= 15 is 0 Å². The molecule has 1 aliphatic carbocycles. The predicted octanol–water partition coefficient (Wildman–Crippen LogP) is 8.48. The smallest absolute Gasteiger partial charge is 0.389 e. The summed E-state index contributed by atoms with van der Waals surface area (Å²) in [6, 6.07) is 9.22. The molecule has 4 nitrogen and oxygen atoms in total. The number of sulfone groups is 1. The van der Waals surface area contributed by atoms with Crippen LogP contribution in [-0.2, 0) is 16.3 Å². The first-order chi connectivity index (χ1) is 20.4. The molecule has 0 spiro atoms. The lowest BCUT2D eigenvalue weighted by atomic mass is 9.88. The predicted molar refractivity (Wildman–Crippen MR) is 160 cm³/mol. The number of fused-ring (bicyclic) bond motifs is 1. The lowest BCUT2D eigenvalue weighted by Gasteiger charge is -2.24. The first kappa shape index (κ1) is 33.4. The highest BCUT2D eigenvalue weighted by molar-refractivity contribution is 7.91. The van der Waals surface area contributed by atoms with E-state index in [0.29, 0.717) is 18.4 Å². The van der Waals surface area contributed by atoms with E-state index in [1.165, 1.54) is 12.1 Å². The molecule has 1 atom stereocenters. The minimum absolute atomic E-state index is 0.0721. The van der Waals surface area contributed by atoms with Crippen LogP contribution in [0.25, 0.3) is 11.1 Å². The summed E-state index contributed by atoms with van der Waals surface area (Å²) in [5.74, 6) is -1.46. The summed E-state index contributed by atoms with van der Waals surface area (Å²) in [4.78, 5) is 2.32. The number of alkyl halides is 3. The Balaban J connectivity index is 1.29. The number of phenolic OH excluding ortho intramolecular Hbond substituents is 1. The van der Waals surface area contributed by atoms with Crippen molar-refractivity contribution in [1.29, 1.82) is 0 Å². The molecule has 4 rings (SSSR count). The van der Waals surface area contributed by atoms with Crippen LogP contribution in [0.4, 0.5) is 22.0 Å². The normalized spacial score (nSPS) is 18.2. The van der Waals surface area contributed by atoms with Gasteiger partial charge >= 0.3 is 6.18 Å². The van der Waals surface area contributed by atoms with Crippen LogP contribution in [-0.4, -0.2) is 55.2 Å². The van der Waals surface area contributed by atoms with Crippen molar-refractivity contribution >= 4 is 21.0 Å². The van der Waals surface area contributed by atoms with Crippen LogP contribution in [0.5, 0.6) is 5.75 Å². The maximum Gasteiger partial charge on any atom is 0.389 e. The molecule has 0 amide bonds. The Labute approximate surface area is 251 Å². The SMILES string of the molecule is O=S(=O)(CCCC(F)(F)F)CC[C@@H]1CCCN1CCCCCCC1=C(c2ccc(F)cc2F)CCCc2cc(O)ccc21. The van der Waals surface area contributed by atoms with Crippen molar-refractivity contribution in [2.45, 2.75) is 95.7 Å². The summed E-state index contributed by atoms with van der Waals surface area (Å²) >= 11 is 0. The quantitative estimate of drug-likeness (QED) is 0.169. The number of aryl methyl sites for hydroxylation is 1. The van der Waals surface area contributed by atoms with Gasteiger partial charge in [0.2, 0.25) is 0 Å². The molecule has 0 radical (unpaired) electrons. The van der Waals surface area contributed by atoms with Gasteiger partial charge in [-0.15, -0.1) is 0 Å². The fourth-order valence-corrected chi connectivity index (χ4v) is 7.98. The maximum atomic E-state index is 14.9. The van der Waals surface area contributed by atoms with Gasteiger partial charge in [0.05, 0.1) is 11.5 Å². The Morgan fingerprint density at radius 3 is 2.42 bits per heavy atom. The molecule has 0 bridgehead atoms. The zero-order chi connectivity index (χ0) is 31.0. The van der Waals surface area contributed by atoms with E-state index in [1.807, 2.05) is 6.07 Å². The van der Waals surface area contributed by atoms with Gasteiger partial charge in [0.15, 0.2) is 0 Å². The highest BCUT2D eigenvalue weighted by atomic mass is 32.2. The van der Waals surface area contributed by atoms with Gasteiger partial charge in [-0.25, -0.2) is 17.2 Å². The Morgan fingerprint density at radius 1 is 0.884 bits per heavy atom. The third-order valence-corrected chi connectivity index (χ3v) is 10.5. The number of aromatic hydroxyl groups is 1. The fraction of sp³-hybridized carbons (Fsp3) is 0.576. The molecule has 1 aliphatic heterocycles. The summed E-state index contributed by atoms with van der Waals surface area (Å²) < 4.78 is 90.2. The number of benzene rings is 2. The monoisotopic (exact) mass is 627 g/mol. The largest absolute Gasteiger partial charge is 0.508 e. The molecular weight excluding hydrogens is 585 g/mol. The minimum Gasteiger partial charge on any atom is -0.508 e. The van der Waals surface area contributed by atoms with Crippen LogP contribution < -0.4 is 0 Å². The van der Waals surface area contributed by atoms with E-state index < -0.39 is 39.8 Å². The number of unbranched alkanes of at least 4 members (excludes halogenated alkanes) is 3. The third kappa shape index (κ3) is 10.0. The number of hydrogen-bond acceptors (Lipinski definition) is 4. The molecule has 1 N–H and O–H groups in total. The zero-order valence-corrected chi connectivity index (χ0v) is 25.4. The molecule has 1 fully saturated rings. The molecule has 0 saturated carbocycles. The van der Waals surface area contributed by atoms with E-state index in [4.69, 9.17) is 0 Å². The van der Waals surface area contributed by atoms with Crippen molar-refractivity contribution in [2.75, 3.05) is 24.6 Å². The maximum absolute atomic E-state index is 14.9. The Bertz CT molecular complexity index is 1370. The number of nitrogens with zero attached hydrogens (tertiary/aromatic N) is 1. The Morgan fingerprint density at radius 2 is 1.65 bits per heavy atom. The number of halogens is 5. The van der Waals surface area contributed by atoms with Crippen molar-refractivity contribution in [3.63, 3.8) is 0 Å². The Hall–Kier alpha value is -2.46. The van der Waals surface area contributed by atoms with Gasteiger partial charge in [0.25, 0.3) is 0 Å². The molecule has 43 heavy (non-hydrogen) atoms. The number of rotatable bonds is 14. The molecule has 238 valence electrons. The topological polar surface area (TPSA) is 57.6 Å². The van der Waals surface area contributed by atoms with Gasteiger partial charge < -0.3 is 10.0 Å². The van der Waals surface area contributed by atoms with Gasteiger partial charge in [-0.3, -0.25) is 0 Å². The van der Waals surface area contributed by atoms with Crippen molar-refractivity contribution in [2.24, 2.45) is 0 Å². The molecule has 2 aromatic rings. The van der Waals surface area contributed by atoms with Crippen LogP contribution in [0.3, 0.4) is 0 Å². The number of hydrogen-bond donors (Lipinski definition) is 1. The zero-order valence-electron chi connectivity index (χ0n) is 24.6. The molecule has 2 aromatic carbocycles. The molecule has 0 unspecified atom stereocenters. The number of likely N-dealkylation sites (tertiary alicyclic amines) is 1. The lowest BCUT2D eigenvalue weighted by Crippen LogP contribution is -2.32. The van der Waals surface area contributed by atoms with Gasteiger partial charge in [-0.2, -0.15) is 13.2 Å². The van der Waals surface area contributed by atoms with E-state index in [-0.39, 0.29) is 24.0 Å². The van der Waals surface area contributed by atoms with E-state index in [0.717, 1.165) is 99.2 Å². The minimum atomic E-state index is -4.33. The highest BCUT2D eigenvalue weighted by Gasteiger charge is 2.29. The standard InChI is InChI=1S/C33H42F5NO3S/c34-25-12-14-31(32(35)23-25)30-11-5-8-24-22-27(40)13-15-28(24)29(30)10-3-1-2-4-18-39-19-6-9-26(39)16-21-43(41,42)20-7-17-33(36,37)38/h12-15,22-23,26,40H,1-11,16-21H2/t26-/m0/s1. The van der Waals surface area contributed by atoms with Crippen LogP contribution in [0.15, 0.2) is 36.4 Å². The number of allylic oxidation sites excluding steroid dienone is 2. The average molecular weight is 628 g/mol. The highest BCUT2D eigenvalue weighted by Crippen LogP contribution is 2.40. The van der Waals surface area contributed by atoms with E-state index in [1.54, 1.807) is 12.1 Å². The summed E-state index contributed by atoms with van der Waals surface area (Å²) in [7, 11) is -3.50. The van der Waals surface area contributed by atoms with Crippen molar-refractivity contribution in [1.82, 2.24) is 4.90 Å². The molecule has 2 aliphatic rings. The van der Waals surface area contributed by atoms with Gasteiger partial charge in [0, 0.05) is 24.1 Å². The first-order valence-electron chi connectivity index (χ1n) is 15.4. The molecule has 10 heteroatoms. The van der Waals surface area contributed by atoms with Crippen molar-refractivity contribution < 1.29 is 35.5 Å². The van der Waals surface area contributed by atoms with Gasteiger partial charge in [-0.05, 0) is 124 Å². The summed E-state index contributed by atoms with van der Waals surface area (Å²) in [5, 5.41) is 10.1. The first-order valence-corrected chi connectivity index (χ1v) is 17.2. The second-order valence-electron chi connectivity index (χ2n) is 11.9. The number of phenols is 1. The average Bonchev–Trinajstić information content (AvgIpc) is 3.30. The molecule has 1 saturated heterocycles. The van der Waals surface area contributed by atoms with Crippen LogP contribution in [0, 0.1) is 11.6 Å². The van der Waals surface area contributed by atoms with Crippen molar-refractivity contribution in [3.8, 4) is 5.75 Å². The summed E-state index contributed by atoms with van der Waals surface area (Å²) in [5.41, 5.74) is 4.43. The van der Waals surface area contributed by atoms with E-state index in [2.05, 4.69) is 4.90 Å². The summed E-state index contributed by atoms with van der Waals surface area (Å²) in [6.45, 7) is 1.76. The molecular formula is C33H42F5NO3S. The van der Waals surface area contributed by atoms with E-state index in [9.17, 15) is 35.5 Å². The van der Waals surface area contributed by atoms with Crippen LogP contribution in [0.1, 0.15) is 93.7 Å².